The zero-order valence-corrected chi connectivity index (χ0v) is 13.0. The van der Waals surface area contributed by atoms with Crippen molar-refractivity contribution in [3.63, 3.8) is 0 Å². The Labute approximate surface area is 130 Å². The number of nitriles is 1. The lowest BCUT2D eigenvalue weighted by Crippen LogP contribution is -2.15. The van der Waals surface area contributed by atoms with Crippen LogP contribution in [0.3, 0.4) is 0 Å². The smallest absolute Gasteiger partial charge is 0.224 e. The third-order valence-electron chi connectivity index (χ3n) is 3.43. The van der Waals surface area contributed by atoms with Crippen molar-refractivity contribution < 1.29 is 4.79 Å². The summed E-state index contributed by atoms with van der Waals surface area (Å²) in [7, 11) is 0. The van der Waals surface area contributed by atoms with Gasteiger partial charge in [0.2, 0.25) is 5.91 Å². The fourth-order valence-electron chi connectivity index (χ4n) is 2.25. The summed E-state index contributed by atoms with van der Waals surface area (Å²) < 4.78 is 0. The molecule has 0 saturated heterocycles. The van der Waals surface area contributed by atoms with Crippen LogP contribution >= 0.6 is 11.8 Å². The molecule has 2 rings (SSSR count). The molecule has 0 aromatic heterocycles. The Balaban J connectivity index is 1.94. The number of hydrogen-bond donors (Lipinski definition) is 1. The minimum absolute atomic E-state index is 0.00221. The van der Waals surface area contributed by atoms with Crippen LogP contribution in [0.25, 0.3) is 0 Å². The highest BCUT2D eigenvalue weighted by molar-refractivity contribution is 7.99. The van der Waals surface area contributed by atoms with E-state index < -0.39 is 0 Å². The molecule has 21 heavy (non-hydrogen) atoms. The largest absolute Gasteiger partial charge is 0.325 e. The van der Waals surface area contributed by atoms with Crippen LogP contribution < -0.4 is 5.32 Å². The van der Waals surface area contributed by atoms with Crippen molar-refractivity contribution in [2.24, 2.45) is 11.8 Å². The first-order chi connectivity index (χ1) is 10.2. The molecule has 1 aromatic carbocycles. The Morgan fingerprint density at radius 2 is 2.33 bits per heavy atom. The molecule has 0 aliphatic heterocycles. The van der Waals surface area contributed by atoms with Crippen LogP contribution in [0.5, 0.6) is 0 Å². The number of carbonyl (C=O) groups is 1. The highest BCUT2D eigenvalue weighted by atomic mass is 32.2. The number of benzene rings is 1. The molecule has 0 heterocycles. The number of para-hydroxylation sites is 1. The van der Waals surface area contributed by atoms with Crippen molar-refractivity contribution >= 4 is 23.4 Å². The summed E-state index contributed by atoms with van der Waals surface area (Å²) in [6.45, 7) is 1.90. The highest BCUT2D eigenvalue weighted by Gasteiger charge is 2.15. The lowest BCUT2D eigenvalue weighted by molar-refractivity contribution is -0.116. The van der Waals surface area contributed by atoms with Crippen LogP contribution in [0.2, 0.25) is 0 Å². The Bertz CT molecular complexity index is 562. The maximum Gasteiger partial charge on any atom is 0.224 e. The van der Waals surface area contributed by atoms with E-state index in [2.05, 4.69) is 23.5 Å². The fraction of sp³-hybridized carbons (Fsp3) is 0.412. The zero-order chi connectivity index (χ0) is 15.1. The van der Waals surface area contributed by atoms with Crippen molar-refractivity contribution in [3.05, 3.63) is 36.4 Å². The molecule has 0 radical (unpaired) electrons. The molecule has 0 saturated carbocycles. The molecule has 1 aliphatic rings. The number of anilines is 1. The highest BCUT2D eigenvalue weighted by Crippen LogP contribution is 2.29. The number of nitrogens with zero attached hydrogens (tertiary/aromatic N) is 1. The van der Waals surface area contributed by atoms with Gasteiger partial charge in [-0.3, -0.25) is 4.79 Å². The van der Waals surface area contributed by atoms with E-state index in [0.717, 1.165) is 29.2 Å². The molecule has 1 amide bonds. The van der Waals surface area contributed by atoms with Gasteiger partial charge in [0.25, 0.3) is 0 Å². The first kappa shape index (κ1) is 15.7. The average Bonchev–Trinajstić information content (AvgIpc) is 2.98. The van der Waals surface area contributed by atoms with Crippen LogP contribution in [-0.2, 0) is 4.79 Å². The zero-order valence-electron chi connectivity index (χ0n) is 12.2. The summed E-state index contributed by atoms with van der Waals surface area (Å²) in [5.41, 5.74) is 0.847. The molecule has 0 fully saturated rings. The van der Waals surface area contributed by atoms with Gasteiger partial charge in [-0.2, -0.15) is 5.26 Å². The molecule has 4 heteroatoms. The van der Waals surface area contributed by atoms with E-state index >= 15 is 0 Å². The summed E-state index contributed by atoms with van der Waals surface area (Å²) in [5, 5.41) is 11.8. The Morgan fingerprint density at radius 1 is 1.52 bits per heavy atom. The van der Waals surface area contributed by atoms with Gasteiger partial charge >= 0.3 is 0 Å². The van der Waals surface area contributed by atoms with Gasteiger partial charge in [0.1, 0.15) is 0 Å². The molecule has 1 N–H and O–H groups in total. The monoisotopic (exact) mass is 300 g/mol. The van der Waals surface area contributed by atoms with Crippen LogP contribution in [0.15, 0.2) is 41.3 Å². The molecule has 0 unspecified atom stereocenters. The predicted octanol–water partition coefficient (Wildman–Crippen LogP) is 4.23. The van der Waals surface area contributed by atoms with Crippen molar-refractivity contribution in [3.8, 4) is 6.07 Å². The number of allylic oxidation sites excluding steroid dienone is 2. The van der Waals surface area contributed by atoms with Gasteiger partial charge in [0, 0.05) is 17.1 Å². The van der Waals surface area contributed by atoms with E-state index in [-0.39, 0.29) is 11.8 Å². The number of thioether (sulfide) groups is 1. The van der Waals surface area contributed by atoms with E-state index in [1.807, 2.05) is 31.2 Å². The molecule has 0 spiro atoms. The second-order valence-corrected chi connectivity index (χ2v) is 6.42. The molecule has 0 bridgehead atoms. The van der Waals surface area contributed by atoms with Gasteiger partial charge in [-0.15, -0.1) is 11.8 Å². The number of carbonyl (C=O) groups excluding carboxylic acids is 1. The molecular weight excluding hydrogens is 280 g/mol. The molecule has 110 valence electrons. The second-order valence-electron chi connectivity index (χ2n) is 5.36. The summed E-state index contributed by atoms with van der Waals surface area (Å²) in [6, 6.07) is 10.0. The normalized spacial score (nSPS) is 18.2. The van der Waals surface area contributed by atoms with Crippen LogP contribution in [0, 0.1) is 23.2 Å². The van der Waals surface area contributed by atoms with Gasteiger partial charge in [-0.05, 0) is 37.8 Å². The number of hydrogen-bond acceptors (Lipinski definition) is 3. The lowest BCUT2D eigenvalue weighted by atomic mass is 10.1. The van der Waals surface area contributed by atoms with E-state index in [1.54, 1.807) is 11.8 Å². The predicted molar refractivity (Wildman–Crippen MR) is 87.1 cm³/mol. The molecule has 1 aliphatic carbocycles. The minimum Gasteiger partial charge on any atom is -0.325 e. The summed E-state index contributed by atoms with van der Waals surface area (Å²) >= 11 is 1.61. The van der Waals surface area contributed by atoms with E-state index in [0.29, 0.717) is 12.3 Å². The van der Waals surface area contributed by atoms with Gasteiger partial charge in [-0.1, -0.05) is 24.3 Å². The van der Waals surface area contributed by atoms with Crippen LogP contribution in [0.4, 0.5) is 5.69 Å². The first-order valence-corrected chi connectivity index (χ1v) is 8.25. The Hall–Kier alpha value is -1.73. The summed E-state index contributed by atoms with van der Waals surface area (Å²) in [5.74, 6) is 1.17. The fourth-order valence-corrected chi connectivity index (χ4v) is 3.21. The molecule has 2 atom stereocenters. The summed E-state index contributed by atoms with van der Waals surface area (Å²) in [6.07, 6.45) is 6.98. The topological polar surface area (TPSA) is 52.9 Å². The molecule has 1 aromatic rings. The van der Waals surface area contributed by atoms with Crippen LogP contribution in [-0.4, -0.2) is 11.7 Å². The van der Waals surface area contributed by atoms with E-state index in [1.165, 1.54) is 0 Å². The third-order valence-corrected chi connectivity index (χ3v) is 4.76. The molecular formula is C17H20N2OS. The van der Waals surface area contributed by atoms with E-state index in [4.69, 9.17) is 5.26 Å². The van der Waals surface area contributed by atoms with Gasteiger partial charge in [0.05, 0.1) is 17.7 Å². The lowest BCUT2D eigenvalue weighted by Gasteiger charge is -2.12. The molecule has 3 nitrogen and oxygen atoms in total. The van der Waals surface area contributed by atoms with Crippen LogP contribution in [0.1, 0.15) is 26.2 Å². The number of nitrogens with one attached hydrogen (secondary N) is 1. The Kier molecular flexibility index (Phi) is 5.89. The number of amides is 1. The first-order valence-electron chi connectivity index (χ1n) is 7.27. The van der Waals surface area contributed by atoms with E-state index in [9.17, 15) is 4.79 Å². The quantitative estimate of drug-likeness (QED) is 0.631. The standard InChI is InChI=1S/C17H20N2OS/c1-13(11-18)12-21-16-9-5-4-8-15(16)19-17(20)10-14-6-2-3-7-14/h2,4-6,8-9,13-14H,3,7,10,12H2,1H3,(H,19,20)/t13-,14-/m0/s1. The van der Waals surface area contributed by atoms with Gasteiger partial charge < -0.3 is 5.32 Å². The average molecular weight is 300 g/mol. The maximum absolute atomic E-state index is 12.1. The second kappa shape index (κ2) is 7.90. The van der Waals surface area contributed by atoms with Crippen molar-refractivity contribution in [2.45, 2.75) is 31.1 Å². The summed E-state index contributed by atoms with van der Waals surface area (Å²) in [4.78, 5) is 13.1. The minimum atomic E-state index is 0.00221. The Morgan fingerprint density at radius 3 is 3.05 bits per heavy atom. The van der Waals surface area contributed by atoms with Crippen molar-refractivity contribution in [2.75, 3.05) is 11.1 Å². The van der Waals surface area contributed by atoms with Crippen molar-refractivity contribution in [1.82, 2.24) is 0 Å². The van der Waals surface area contributed by atoms with Gasteiger partial charge in [-0.25, -0.2) is 0 Å². The van der Waals surface area contributed by atoms with Crippen molar-refractivity contribution in [1.29, 1.82) is 5.26 Å². The SMILES string of the molecule is C[C@@H](C#N)CSc1ccccc1NC(=O)C[C@H]1C=CCC1. The third kappa shape index (κ3) is 4.95. The van der Waals surface area contributed by atoms with Gasteiger partial charge in [0.15, 0.2) is 0 Å². The maximum atomic E-state index is 12.1. The number of rotatable bonds is 6.